The van der Waals surface area contributed by atoms with Gasteiger partial charge >= 0.3 is 0 Å². The highest BCUT2D eigenvalue weighted by molar-refractivity contribution is 4.71. The Hall–Kier alpha value is -0.120. The number of piperazine rings is 1. The largest absolute Gasteiger partial charge is 0.316 e. The summed E-state index contributed by atoms with van der Waals surface area (Å²) in [5.74, 6) is 0.775. The summed E-state index contributed by atoms with van der Waals surface area (Å²) in [5, 5.41) is 3.52. The van der Waals surface area contributed by atoms with Gasteiger partial charge in [-0.15, -0.1) is 0 Å². The van der Waals surface area contributed by atoms with Crippen LogP contribution in [0.2, 0.25) is 0 Å². The number of nitrogens with zero attached hydrogens (tertiary/aromatic N) is 2. The van der Waals surface area contributed by atoms with Crippen molar-refractivity contribution in [2.45, 2.75) is 40.0 Å². The fraction of sp³-hybridized carbons (Fsp3) is 1.00. The SMILES string of the molecule is CCCN1CCN(CCCCNCC(C)C)CC1. The van der Waals surface area contributed by atoms with Crippen molar-refractivity contribution in [3.8, 4) is 0 Å². The van der Waals surface area contributed by atoms with E-state index in [-0.39, 0.29) is 0 Å². The van der Waals surface area contributed by atoms with Gasteiger partial charge in [-0.05, 0) is 51.4 Å². The van der Waals surface area contributed by atoms with Gasteiger partial charge in [0.05, 0.1) is 0 Å². The topological polar surface area (TPSA) is 18.5 Å². The molecule has 0 saturated carbocycles. The van der Waals surface area contributed by atoms with Crippen LogP contribution in [-0.4, -0.2) is 62.2 Å². The summed E-state index contributed by atoms with van der Waals surface area (Å²) in [6, 6.07) is 0. The molecule has 1 aliphatic rings. The zero-order valence-corrected chi connectivity index (χ0v) is 12.7. The van der Waals surface area contributed by atoms with Gasteiger partial charge in [-0.25, -0.2) is 0 Å². The second kappa shape index (κ2) is 9.76. The van der Waals surface area contributed by atoms with E-state index in [2.05, 4.69) is 35.9 Å². The molecule has 1 saturated heterocycles. The van der Waals surface area contributed by atoms with Crippen molar-refractivity contribution in [1.82, 2.24) is 15.1 Å². The lowest BCUT2D eigenvalue weighted by Crippen LogP contribution is -2.46. The summed E-state index contributed by atoms with van der Waals surface area (Å²) >= 11 is 0. The van der Waals surface area contributed by atoms with Gasteiger partial charge in [0.15, 0.2) is 0 Å². The molecular weight excluding hydrogens is 222 g/mol. The van der Waals surface area contributed by atoms with Crippen molar-refractivity contribution in [2.24, 2.45) is 5.92 Å². The van der Waals surface area contributed by atoms with E-state index >= 15 is 0 Å². The average molecular weight is 255 g/mol. The van der Waals surface area contributed by atoms with Gasteiger partial charge in [0.1, 0.15) is 0 Å². The first-order valence-corrected chi connectivity index (χ1v) is 7.87. The van der Waals surface area contributed by atoms with Gasteiger partial charge in [0.25, 0.3) is 0 Å². The standard InChI is InChI=1S/C15H33N3/c1-4-8-17-10-12-18(13-11-17)9-6-5-7-16-14-15(2)3/h15-16H,4-14H2,1-3H3. The quantitative estimate of drug-likeness (QED) is 0.636. The molecule has 1 heterocycles. The molecule has 3 nitrogen and oxygen atoms in total. The summed E-state index contributed by atoms with van der Waals surface area (Å²) < 4.78 is 0. The summed E-state index contributed by atoms with van der Waals surface area (Å²) in [5.41, 5.74) is 0. The van der Waals surface area contributed by atoms with E-state index in [0.717, 1.165) is 12.5 Å². The number of rotatable bonds is 9. The van der Waals surface area contributed by atoms with Crippen molar-refractivity contribution in [3.63, 3.8) is 0 Å². The summed E-state index contributed by atoms with van der Waals surface area (Å²) in [6.45, 7) is 16.8. The van der Waals surface area contributed by atoms with Crippen molar-refractivity contribution < 1.29 is 0 Å². The molecule has 0 aromatic carbocycles. The highest BCUT2D eigenvalue weighted by Crippen LogP contribution is 2.04. The minimum absolute atomic E-state index is 0.775. The first-order chi connectivity index (χ1) is 8.72. The zero-order chi connectivity index (χ0) is 13.2. The van der Waals surface area contributed by atoms with E-state index in [0.29, 0.717) is 0 Å². The molecular formula is C15H33N3. The van der Waals surface area contributed by atoms with Crippen LogP contribution in [0.25, 0.3) is 0 Å². The van der Waals surface area contributed by atoms with Gasteiger partial charge in [-0.3, -0.25) is 0 Å². The Labute approximate surface area is 114 Å². The van der Waals surface area contributed by atoms with E-state index in [4.69, 9.17) is 0 Å². The molecule has 108 valence electrons. The van der Waals surface area contributed by atoms with Crippen LogP contribution in [0.1, 0.15) is 40.0 Å². The lowest BCUT2D eigenvalue weighted by Gasteiger charge is -2.34. The maximum Gasteiger partial charge on any atom is 0.0110 e. The molecule has 0 atom stereocenters. The maximum absolute atomic E-state index is 3.52. The second-order valence-electron chi connectivity index (χ2n) is 5.99. The lowest BCUT2D eigenvalue weighted by molar-refractivity contribution is 0.131. The maximum atomic E-state index is 3.52. The van der Waals surface area contributed by atoms with E-state index in [9.17, 15) is 0 Å². The van der Waals surface area contributed by atoms with Crippen molar-refractivity contribution >= 4 is 0 Å². The third-order valence-corrected chi connectivity index (χ3v) is 3.64. The highest BCUT2D eigenvalue weighted by Gasteiger charge is 2.14. The van der Waals surface area contributed by atoms with Crippen LogP contribution in [0, 0.1) is 5.92 Å². The molecule has 0 aliphatic carbocycles. The van der Waals surface area contributed by atoms with Crippen molar-refractivity contribution in [2.75, 3.05) is 52.4 Å². The molecule has 0 bridgehead atoms. The van der Waals surface area contributed by atoms with E-state index in [1.54, 1.807) is 0 Å². The lowest BCUT2D eigenvalue weighted by atomic mass is 10.2. The fourth-order valence-corrected chi connectivity index (χ4v) is 2.53. The van der Waals surface area contributed by atoms with Crippen LogP contribution < -0.4 is 5.32 Å². The van der Waals surface area contributed by atoms with Gasteiger partial charge in [-0.2, -0.15) is 0 Å². The third kappa shape index (κ3) is 7.34. The Morgan fingerprint density at radius 1 is 0.944 bits per heavy atom. The molecule has 0 spiro atoms. The summed E-state index contributed by atoms with van der Waals surface area (Å²) in [4.78, 5) is 5.23. The van der Waals surface area contributed by atoms with Gasteiger partial charge in [0, 0.05) is 26.2 Å². The molecule has 18 heavy (non-hydrogen) atoms. The Morgan fingerprint density at radius 3 is 2.11 bits per heavy atom. The van der Waals surface area contributed by atoms with Gasteiger partial charge in [-0.1, -0.05) is 20.8 Å². The summed E-state index contributed by atoms with van der Waals surface area (Å²) in [7, 11) is 0. The second-order valence-corrected chi connectivity index (χ2v) is 5.99. The highest BCUT2D eigenvalue weighted by atomic mass is 15.3. The van der Waals surface area contributed by atoms with Crippen LogP contribution in [0.5, 0.6) is 0 Å². The van der Waals surface area contributed by atoms with Gasteiger partial charge < -0.3 is 15.1 Å². The van der Waals surface area contributed by atoms with Gasteiger partial charge in [0.2, 0.25) is 0 Å². The van der Waals surface area contributed by atoms with Crippen molar-refractivity contribution in [3.05, 3.63) is 0 Å². The molecule has 0 radical (unpaired) electrons. The molecule has 1 N–H and O–H groups in total. The number of nitrogens with one attached hydrogen (secondary N) is 1. The molecule has 1 rings (SSSR count). The number of hydrogen-bond donors (Lipinski definition) is 1. The van der Waals surface area contributed by atoms with E-state index in [1.165, 1.54) is 65.1 Å². The van der Waals surface area contributed by atoms with Crippen LogP contribution in [0.15, 0.2) is 0 Å². The fourth-order valence-electron chi connectivity index (χ4n) is 2.53. The van der Waals surface area contributed by atoms with E-state index < -0.39 is 0 Å². The predicted octanol–water partition coefficient (Wildman–Crippen LogP) is 2.04. The Bertz CT molecular complexity index is 186. The van der Waals surface area contributed by atoms with Crippen LogP contribution >= 0.6 is 0 Å². The molecule has 0 amide bonds. The smallest absolute Gasteiger partial charge is 0.0110 e. The van der Waals surface area contributed by atoms with E-state index in [1.807, 2.05) is 0 Å². The molecule has 0 aromatic rings. The third-order valence-electron chi connectivity index (χ3n) is 3.64. The molecule has 1 fully saturated rings. The number of unbranched alkanes of at least 4 members (excludes halogenated alkanes) is 1. The normalized spacial score (nSPS) is 18.7. The minimum atomic E-state index is 0.775. The Morgan fingerprint density at radius 2 is 1.56 bits per heavy atom. The molecule has 3 heteroatoms. The van der Waals surface area contributed by atoms with Crippen molar-refractivity contribution in [1.29, 1.82) is 0 Å². The van der Waals surface area contributed by atoms with Crippen LogP contribution in [0.3, 0.4) is 0 Å². The zero-order valence-electron chi connectivity index (χ0n) is 12.7. The molecule has 0 aromatic heterocycles. The molecule has 0 unspecified atom stereocenters. The van der Waals surface area contributed by atoms with Crippen LogP contribution in [-0.2, 0) is 0 Å². The first kappa shape index (κ1) is 15.9. The summed E-state index contributed by atoms with van der Waals surface area (Å²) in [6.07, 6.45) is 3.96. The monoisotopic (exact) mass is 255 g/mol. The Kier molecular flexibility index (Phi) is 8.64. The predicted molar refractivity (Wildman–Crippen MR) is 80.1 cm³/mol. The first-order valence-electron chi connectivity index (χ1n) is 7.87. The minimum Gasteiger partial charge on any atom is -0.316 e. The van der Waals surface area contributed by atoms with Crippen LogP contribution in [0.4, 0.5) is 0 Å². The average Bonchev–Trinajstić information content (AvgIpc) is 2.35. The Balaban J connectivity index is 1.91. The molecule has 1 aliphatic heterocycles. The number of hydrogen-bond acceptors (Lipinski definition) is 3.